The number of alkyl halides is 3. The summed E-state index contributed by atoms with van der Waals surface area (Å²) in [6.07, 6.45) is -2.73. The molecule has 7 heteroatoms. The van der Waals surface area contributed by atoms with Gasteiger partial charge in [-0.25, -0.2) is 0 Å². The third-order valence-corrected chi connectivity index (χ3v) is 4.28. The SMILES string of the molecule is COc1cccc(-c2ccc(COC3CN(C#N)C3)c(C(F)(F)F)c2)c1. The first kappa shape index (κ1) is 18.1. The van der Waals surface area contributed by atoms with Crippen molar-refractivity contribution in [3.8, 4) is 23.1 Å². The zero-order valence-corrected chi connectivity index (χ0v) is 14.1. The van der Waals surface area contributed by atoms with Crippen LogP contribution in [0, 0.1) is 11.5 Å². The first-order valence-corrected chi connectivity index (χ1v) is 8.01. The van der Waals surface area contributed by atoms with Crippen molar-refractivity contribution in [2.75, 3.05) is 20.2 Å². The summed E-state index contributed by atoms with van der Waals surface area (Å²) in [6.45, 7) is 0.691. The Morgan fingerprint density at radius 2 is 1.88 bits per heavy atom. The summed E-state index contributed by atoms with van der Waals surface area (Å²) in [4.78, 5) is 1.49. The number of benzene rings is 2. The van der Waals surface area contributed by atoms with Crippen molar-refractivity contribution in [2.45, 2.75) is 18.9 Å². The molecule has 0 amide bonds. The van der Waals surface area contributed by atoms with Crippen LogP contribution in [0.5, 0.6) is 5.75 Å². The van der Waals surface area contributed by atoms with Crippen molar-refractivity contribution in [2.24, 2.45) is 0 Å². The summed E-state index contributed by atoms with van der Waals surface area (Å²) in [6, 6.07) is 11.1. The number of nitriles is 1. The van der Waals surface area contributed by atoms with Crippen LogP contribution in [-0.2, 0) is 17.5 Å². The van der Waals surface area contributed by atoms with E-state index in [0.717, 1.165) is 6.07 Å². The second-order valence-electron chi connectivity index (χ2n) is 6.04. The Morgan fingerprint density at radius 3 is 2.54 bits per heavy atom. The summed E-state index contributed by atoms with van der Waals surface area (Å²) < 4.78 is 51.1. The number of hydrogen-bond donors (Lipinski definition) is 0. The molecular formula is C19H17F3N2O2. The van der Waals surface area contributed by atoms with Gasteiger partial charge in [-0.2, -0.15) is 18.4 Å². The van der Waals surface area contributed by atoms with Gasteiger partial charge < -0.3 is 14.4 Å². The van der Waals surface area contributed by atoms with E-state index in [9.17, 15) is 13.2 Å². The molecule has 0 radical (unpaired) electrons. The van der Waals surface area contributed by atoms with Gasteiger partial charge in [-0.1, -0.05) is 24.3 Å². The van der Waals surface area contributed by atoms with E-state index in [-0.39, 0.29) is 18.3 Å². The van der Waals surface area contributed by atoms with E-state index in [0.29, 0.717) is 30.0 Å². The first-order chi connectivity index (χ1) is 12.4. The van der Waals surface area contributed by atoms with E-state index in [1.54, 1.807) is 30.3 Å². The molecule has 0 spiro atoms. The normalized spacial score (nSPS) is 14.7. The average Bonchev–Trinajstić information content (AvgIpc) is 2.60. The molecule has 1 saturated heterocycles. The molecule has 4 nitrogen and oxygen atoms in total. The molecule has 2 aromatic carbocycles. The number of halogens is 3. The predicted octanol–water partition coefficient (Wildman–Crippen LogP) is 4.06. The van der Waals surface area contributed by atoms with Gasteiger partial charge in [-0.15, -0.1) is 0 Å². The standard InChI is InChI=1S/C19H17F3N2O2/c1-25-16-4-2-3-13(7-16)14-5-6-15(18(8-14)19(20,21)22)11-26-17-9-24(10-17)12-23/h2-8,17H,9-11H2,1H3. The molecule has 0 bridgehead atoms. The molecule has 136 valence electrons. The molecule has 0 N–H and O–H groups in total. The molecule has 1 aliphatic heterocycles. The van der Waals surface area contributed by atoms with Crippen molar-refractivity contribution in [3.05, 3.63) is 53.6 Å². The number of rotatable bonds is 5. The second kappa shape index (κ2) is 7.26. The highest BCUT2D eigenvalue weighted by Crippen LogP contribution is 2.36. The summed E-state index contributed by atoms with van der Waals surface area (Å²) in [5, 5.41) is 8.68. The molecule has 1 fully saturated rings. The summed E-state index contributed by atoms with van der Waals surface area (Å²) in [5.74, 6) is 0.579. The van der Waals surface area contributed by atoms with E-state index in [2.05, 4.69) is 0 Å². The largest absolute Gasteiger partial charge is 0.497 e. The van der Waals surface area contributed by atoms with Crippen molar-refractivity contribution >= 4 is 0 Å². The third-order valence-electron chi connectivity index (χ3n) is 4.28. The van der Waals surface area contributed by atoms with E-state index >= 15 is 0 Å². The fraction of sp³-hybridized carbons (Fsp3) is 0.316. The molecule has 26 heavy (non-hydrogen) atoms. The average molecular weight is 362 g/mol. The lowest BCUT2D eigenvalue weighted by molar-refractivity contribution is -0.139. The lowest BCUT2D eigenvalue weighted by atomic mass is 9.98. The van der Waals surface area contributed by atoms with Crippen molar-refractivity contribution in [1.29, 1.82) is 5.26 Å². The Bertz CT molecular complexity index is 824. The zero-order valence-electron chi connectivity index (χ0n) is 14.1. The van der Waals surface area contributed by atoms with Crippen LogP contribution in [0.3, 0.4) is 0 Å². The molecule has 0 atom stereocenters. The van der Waals surface area contributed by atoms with Gasteiger partial charge in [-0.3, -0.25) is 0 Å². The quantitative estimate of drug-likeness (QED) is 0.753. The van der Waals surface area contributed by atoms with Gasteiger partial charge in [0.2, 0.25) is 0 Å². The highest BCUT2D eigenvalue weighted by atomic mass is 19.4. The van der Waals surface area contributed by atoms with Crippen molar-refractivity contribution in [3.63, 3.8) is 0 Å². The minimum Gasteiger partial charge on any atom is -0.497 e. The Kier molecular flexibility index (Phi) is 5.05. The fourth-order valence-electron chi connectivity index (χ4n) is 2.78. The maximum absolute atomic E-state index is 13.5. The highest BCUT2D eigenvalue weighted by molar-refractivity contribution is 5.66. The van der Waals surface area contributed by atoms with Crippen LogP contribution >= 0.6 is 0 Å². The van der Waals surface area contributed by atoms with Crippen LogP contribution < -0.4 is 4.74 Å². The van der Waals surface area contributed by atoms with Crippen molar-refractivity contribution in [1.82, 2.24) is 4.90 Å². The van der Waals surface area contributed by atoms with Gasteiger partial charge >= 0.3 is 6.18 Å². The zero-order chi connectivity index (χ0) is 18.7. The topological polar surface area (TPSA) is 45.5 Å². The summed E-state index contributed by atoms with van der Waals surface area (Å²) in [7, 11) is 1.51. The molecule has 2 aromatic rings. The van der Waals surface area contributed by atoms with E-state index < -0.39 is 11.7 Å². The Balaban J connectivity index is 1.83. The number of hydrogen-bond acceptors (Lipinski definition) is 4. The summed E-state index contributed by atoms with van der Waals surface area (Å²) >= 11 is 0. The molecule has 0 aromatic heterocycles. The Labute approximate surface area is 149 Å². The lowest BCUT2D eigenvalue weighted by Crippen LogP contribution is -2.49. The first-order valence-electron chi connectivity index (χ1n) is 8.01. The maximum Gasteiger partial charge on any atom is 0.416 e. The maximum atomic E-state index is 13.5. The van der Waals surface area contributed by atoms with Crippen LogP contribution in [-0.4, -0.2) is 31.2 Å². The van der Waals surface area contributed by atoms with Gasteiger partial charge in [0.1, 0.15) is 5.75 Å². The van der Waals surface area contributed by atoms with Gasteiger partial charge in [0.15, 0.2) is 6.19 Å². The third kappa shape index (κ3) is 3.92. The molecule has 0 saturated carbocycles. The fourth-order valence-corrected chi connectivity index (χ4v) is 2.78. The Morgan fingerprint density at radius 1 is 1.15 bits per heavy atom. The molecule has 0 unspecified atom stereocenters. The van der Waals surface area contributed by atoms with Gasteiger partial charge in [-0.05, 0) is 34.9 Å². The van der Waals surface area contributed by atoms with Gasteiger partial charge in [0.05, 0.1) is 38.5 Å². The number of ether oxygens (including phenoxy) is 2. The minimum absolute atomic E-state index is 0.0829. The number of likely N-dealkylation sites (tertiary alicyclic amines) is 1. The van der Waals surface area contributed by atoms with Crippen molar-refractivity contribution < 1.29 is 22.6 Å². The molecule has 3 rings (SSSR count). The van der Waals surface area contributed by atoms with Crippen LogP contribution in [0.25, 0.3) is 11.1 Å². The molecule has 1 heterocycles. The van der Waals surface area contributed by atoms with Crippen LogP contribution in [0.1, 0.15) is 11.1 Å². The molecular weight excluding hydrogens is 345 g/mol. The van der Waals surface area contributed by atoms with Crippen LogP contribution in [0.15, 0.2) is 42.5 Å². The molecule has 1 aliphatic rings. The Hall–Kier alpha value is -2.72. The number of methoxy groups -OCH3 is 1. The highest BCUT2D eigenvalue weighted by Gasteiger charge is 2.34. The summed E-state index contributed by atoms with van der Waals surface area (Å²) in [5.41, 5.74) is 0.471. The van der Waals surface area contributed by atoms with E-state index in [1.807, 2.05) is 6.19 Å². The van der Waals surface area contributed by atoms with E-state index in [4.69, 9.17) is 14.7 Å². The predicted molar refractivity (Wildman–Crippen MR) is 89.2 cm³/mol. The number of nitrogens with zero attached hydrogens (tertiary/aromatic N) is 2. The second-order valence-corrected chi connectivity index (χ2v) is 6.04. The van der Waals surface area contributed by atoms with Crippen LogP contribution in [0.2, 0.25) is 0 Å². The monoisotopic (exact) mass is 362 g/mol. The van der Waals surface area contributed by atoms with E-state index in [1.165, 1.54) is 18.1 Å². The smallest absolute Gasteiger partial charge is 0.416 e. The molecule has 0 aliphatic carbocycles. The van der Waals surface area contributed by atoms with Gasteiger partial charge in [0, 0.05) is 0 Å². The van der Waals surface area contributed by atoms with Gasteiger partial charge in [0.25, 0.3) is 0 Å². The lowest BCUT2D eigenvalue weighted by Gasteiger charge is -2.34. The minimum atomic E-state index is -4.48. The van der Waals surface area contributed by atoms with Crippen LogP contribution in [0.4, 0.5) is 13.2 Å².